The van der Waals surface area contributed by atoms with Crippen molar-refractivity contribution in [3.8, 4) is 11.3 Å². The molecule has 0 bridgehead atoms. The first-order valence-electron chi connectivity index (χ1n) is 12.9. The summed E-state index contributed by atoms with van der Waals surface area (Å²) in [5, 5.41) is 5.77. The van der Waals surface area contributed by atoms with Gasteiger partial charge in [-0.1, -0.05) is 24.8 Å². The Labute approximate surface area is 235 Å². The molecule has 2 aromatic heterocycles. The normalized spacial score (nSPS) is 14.0. The van der Waals surface area contributed by atoms with Crippen molar-refractivity contribution in [3.63, 3.8) is 0 Å². The second kappa shape index (κ2) is 11.8. The molecule has 210 valence electrons. The van der Waals surface area contributed by atoms with E-state index >= 15 is 0 Å². The van der Waals surface area contributed by atoms with E-state index in [0.717, 1.165) is 49.7 Å². The molecule has 11 heteroatoms. The van der Waals surface area contributed by atoms with Gasteiger partial charge < -0.3 is 20.4 Å². The largest absolute Gasteiger partial charge is 0.416 e. The van der Waals surface area contributed by atoms with Gasteiger partial charge in [0.25, 0.3) is 5.91 Å². The number of likely N-dealkylation sites (N-methyl/N-ethyl adjacent to an activating group) is 1. The Hall–Kier alpha value is -4.77. The zero-order chi connectivity index (χ0) is 29.0. The third-order valence-electron chi connectivity index (χ3n) is 6.71. The molecule has 0 unspecified atom stereocenters. The second-order valence-corrected chi connectivity index (χ2v) is 9.70. The highest BCUT2D eigenvalue weighted by atomic mass is 19.4. The minimum Gasteiger partial charge on any atom is -0.354 e. The molecule has 0 saturated carbocycles. The second-order valence-electron chi connectivity index (χ2n) is 9.70. The molecule has 0 radical (unpaired) electrons. The maximum absolute atomic E-state index is 13.0. The van der Waals surface area contributed by atoms with Gasteiger partial charge in [0, 0.05) is 54.9 Å². The summed E-state index contributed by atoms with van der Waals surface area (Å²) in [4.78, 5) is 30.7. The van der Waals surface area contributed by atoms with Crippen LogP contribution in [-0.2, 0) is 6.18 Å². The number of anilines is 3. The number of alkyl halides is 3. The minimum atomic E-state index is -4.54. The van der Waals surface area contributed by atoms with Crippen LogP contribution in [0.4, 0.5) is 30.5 Å². The first-order chi connectivity index (χ1) is 19.7. The average molecular weight is 560 g/mol. The quantitative estimate of drug-likeness (QED) is 0.303. The van der Waals surface area contributed by atoms with Crippen LogP contribution in [0, 0.1) is 0 Å². The average Bonchev–Trinajstić information content (AvgIpc) is 2.97. The lowest BCUT2D eigenvalue weighted by molar-refractivity contribution is -0.137. The number of aromatic nitrogens is 3. The summed E-state index contributed by atoms with van der Waals surface area (Å²) in [7, 11) is 2.11. The van der Waals surface area contributed by atoms with Crippen molar-refractivity contribution in [2.75, 3.05) is 48.8 Å². The van der Waals surface area contributed by atoms with Crippen molar-refractivity contribution in [3.05, 3.63) is 103 Å². The molecule has 4 aromatic rings. The van der Waals surface area contributed by atoms with Gasteiger partial charge in [-0.15, -0.1) is 0 Å². The number of carbonyl (C=O) groups excluding carboxylic acids is 1. The molecule has 1 aliphatic rings. The Kier molecular flexibility index (Phi) is 7.97. The Morgan fingerprint density at radius 2 is 1.66 bits per heavy atom. The van der Waals surface area contributed by atoms with Crippen molar-refractivity contribution in [1.29, 1.82) is 0 Å². The maximum atomic E-state index is 13.0. The van der Waals surface area contributed by atoms with Crippen LogP contribution in [0.2, 0.25) is 0 Å². The smallest absolute Gasteiger partial charge is 0.354 e. The number of pyridine rings is 1. The lowest BCUT2D eigenvalue weighted by Crippen LogP contribution is -2.44. The van der Waals surface area contributed by atoms with Crippen molar-refractivity contribution < 1.29 is 18.0 Å². The van der Waals surface area contributed by atoms with Gasteiger partial charge in [-0.25, -0.2) is 9.97 Å². The molecule has 1 fully saturated rings. The molecular formula is C30H28F3N7O. The molecule has 1 saturated heterocycles. The van der Waals surface area contributed by atoms with Gasteiger partial charge in [0.2, 0.25) is 0 Å². The predicted octanol–water partition coefficient (Wildman–Crippen LogP) is 5.64. The summed E-state index contributed by atoms with van der Waals surface area (Å²) < 4.78 is 39.1. The van der Waals surface area contributed by atoms with Crippen LogP contribution in [0.1, 0.15) is 21.5 Å². The lowest BCUT2D eigenvalue weighted by atomic mass is 10.1. The molecule has 0 spiro atoms. The van der Waals surface area contributed by atoms with Crippen molar-refractivity contribution in [2.45, 2.75) is 6.18 Å². The van der Waals surface area contributed by atoms with Gasteiger partial charge in [-0.05, 0) is 55.1 Å². The molecule has 5 rings (SSSR count). The van der Waals surface area contributed by atoms with Gasteiger partial charge in [0.05, 0.1) is 23.7 Å². The molecule has 3 heterocycles. The number of nitrogens with one attached hydrogen (secondary N) is 2. The summed E-state index contributed by atoms with van der Waals surface area (Å²) in [5.74, 6) is 0.740. The molecule has 1 aliphatic heterocycles. The predicted molar refractivity (Wildman–Crippen MR) is 153 cm³/mol. The summed E-state index contributed by atoms with van der Waals surface area (Å²) in [6.07, 6.45) is 0.474. The van der Waals surface area contributed by atoms with E-state index in [9.17, 15) is 18.0 Å². The number of benzene rings is 2. The topological polar surface area (TPSA) is 86.3 Å². The van der Waals surface area contributed by atoms with E-state index in [4.69, 9.17) is 0 Å². The zero-order valence-corrected chi connectivity index (χ0v) is 22.3. The first-order valence-corrected chi connectivity index (χ1v) is 12.9. The van der Waals surface area contributed by atoms with Crippen LogP contribution in [0.25, 0.3) is 17.0 Å². The van der Waals surface area contributed by atoms with E-state index in [2.05, 4.69) is 49.0 Å². The van der Waals surface area contributed by atoms with E-state index in [1.165, 1.54) is 12.1 Å². The molecule has 2 aromatic carbocycles. The van der Waals surface area contributed by atoms with Gasteiger partial charge in [0.15, 0.2) is 0 Å². The molecule has 41 heavy (non-hydrogen) atoms. The fourth-order valence-corrected chi connectivity index (χ4v) is 4.38. The fraction of sp³-hybridized carbons (Fsp3) is 0.200. The van der Waals surface area contributed by atoms with Gasteiger partial charge in [0.1, 0.15) is 11.6 Å². The Morgan fingerprint density at radius 3 is 2.39 bits per heavy atom. The molecule has 2 N–H and O–H groups in total. The fourth-order valence-electron chi connectivity index (χ4n) is 4.38. The number of carbonyl (C=O) groups is 1. The first kappa shape index (κ1) is 27.8. The van der Waals surface area contributed by atoms with Crippen LogP contribution in [0.5, 0.6) is 0 Å². The highest BCUT2D eigenvalue weighted by Gasteiger charge is 2.31. The third-order valence-corrected chi connectivity index (χ3v) is 6.71. The monoisotopic (exact) mass is 559 g/mol. The van der Waals surface area contributed by atoms with E-state index < -0.39 is 17.6 Å². The number of nitrogens with zero attached hydrogens (tertiary/aromatic N) is 5. The van der Waals surface area contributed by atoms with E-state index in [0.29, 0.717) is 28.5 Å². The summed E-state index contributed by atoms with van der Waals surface area (Å²) in [6, 6.07) is 15.0. The summed E-state index contributed by atoms with van der Waals surface area (Å²) >= 11 is 0. The minimum absolute atomic E-state index is 0.0969. The maximum Gasteiger partial charge on any atom is 0.416 e. The van der Waals surface area contributed by atoms with E-state index in [-0.39, 0.29) is 5.56 Å². The van der Waals surface area contributed by atoms with E-state index in [1.807, 2.05) is 12.1 Å². The Balaban J connectivity index is 1.24. The molecule has 1 amide bonds. The van der Waals surface area contributed by atoms with Crippen LogP contribution in [0.3, 0.4) is 0 Å². The van der Waals surface area contributed by atoms with Crippen LogP contribution in [0.15, 0.2) is 85.8 Å². The SMILES string of the molecule is C=C(Nc1cncc(-c2ccc(N3CCN(C)CC3)nc2)n1)c1cccc(NC(=O)c2cccc(C(F)(F)F)c2)c1. The molecule has 0 atom stereocenters. The molecule has 0 aliphatic carbocycles. The third kappa shape index (κ3) is 6.87. The number of halogens is 3. The van der Waals surface area contributed by atoms with Gasteiger partial charge in [-0.3, -0.25) is 9.78 Å². The van der Waals surface area contributed by atoms with Crippen molar-refractivity contribution in [2.24, 2.45) is 0 Å². The molecular weight excluding hydrogens is 531 g/mol. The number of rotatable bonds is 7. The highest BCUT2D eigenvalue weighted by Crippen LogP contribution is 2.30. The lowest BCUT2D eigenvalue weighted by Gasteiger charge is -2.33. The van der Waals surface area contributed by atoms with Gasteiger partial charge in [-0.2, -0.15) is 13.2 Å². The van der Waals surface area contributed by atoms with Crippen LogP contribution < -0.4 is 15.5 Å². The summed E-state index contributed by atoms with van der Waals surface area (Å²) in [5.41, 5.74) is 2.03. The van der Waals surface area contributed by atoms with Crippen molar-refractivity contribution in [1.82, 2.24) is 19.9 Å². The Morgan fingerprint density at radius 1 is 0.902 bits per heavy atom. The Bertz CT molecular complexity index is 1550. The summed E-state index contributed by atoms with van der Waals surface area (Å²) in [6.45, 7) is 7.93. The van der Waals surface area contributed by atoms with Gasteiger partial charge >= 0.3 is 6.18 Å². The van der Waals surface area contributed by atoms with Crippen LogP contribution in [-0.4, -0.2) is 59.0 Å². The number of piperazine rings is 1. The number of amides is 1. The van der Waals surface area contributed by atoms with E-state index in [1.54, 1.807) is 42.9 Å². The van der Waals surface area contributed by atoms with Crippen molar-refractivity contribution >= 4 is 28.9 Å². The number of hydrogen-bond donors (Lipinski definition) is 2. The number of hydrogen-bond acceptors (Lipinski definition) is 7. The standard InChI is InChI=1S/C30H28F3N7O/c1-20(21-5-4-8-25(16-21)37-29(41)22-6-3-7-24(15-22)30(31,32)33)36-27-19-34-18-26(38-27)23-9-10-28(35-17-23)40-13-11-39(2)12-14-40/h3-10,15-19H,1,11-14H2,2H3,(H,36,38)(H,37,41). The molecule has 8 nitrogen and oxygen atoms in total. The highest BCUT2D eigenvalue weighted by molar-refractivity contribution is 6.04. The van der Waals surface area contributed by atoms with Crippen LogP contribution >= 0.6 is 0 Å². The zero-order valence-electron chi connectivity index (χ0n) is 22.3.